The molecule has 3 rings (SSSR count). The molecule has 1 heterocycles. The maximum absolute atomic E-state index is 11.3. The molecule has 0 aromatic heterocycles. The molecule has 1 saturated heterocycles. The lowest BCUT2D eigenvalue weighted by Crippen LogP contribution is -2.35. The summed E-state index contributed by atoms with van der Waals surface area (Å²) in [6.07, 6.45) is 8.86. The summed E-state index contributed by atoms with van der Waals surface area (Å²) in [5, 5.41) is 0.720. The van der Waals surface area contributed by atoms with Crippen LogP contribution >= 0.6 is 11.6 Å². The van der Waals surface area contributed by atoms with Crippen molar-refractivity contribution >= 4 is 23.6 Å². The lowest BCUT2D eigenvalue weighted by Gasteiger charge is -2.32. The first-order valence-corrected chi connectivity index (χ1v) is 7.69. The van der Waals surface area contributed by atoms with E-state index in [0.29, 0.717) is 6.04 Å². The third-order valence-electron chi connectivity index (χ3n) is 4.67. The van der Waals surface area contributed by atoms with Crippen molar-refractivity contribution in [3.05, 3.63) is 28.8 Å². The van der Waals surface area contributed by atoms with Gasteiger partial charge in [0, 0.05) is 28.9 Å². The van der Waals surface area contributed by atoms with Gasteiger partial charge < -0.3 is 4.90 Å². The highest BCUT2D eigenvalue weighted by Crippen LogP contribution is 2.39. The largest absolute Gasteiger partial charge is 0.368 e. The number of benzene rings is 1. The molecule has 1 aliphatic heterocycles. The zero-order valence-corrected chi connectivity index (χ0v) is 11.9. The van der Waals surface area contributed by atoms with Crippen molar-refractivity contribution in [1.82, 2.24) is 0 Å². The van der Waals surface area contributed by atoms with Gasteiger partial charge in [0.15, 0.2) is 6.29 Å². The summed E-state index contributed by atoms with van der Waals surface area (Å²) in [7, 11) is 0. The van der Waals surface area contributed by atoms with Crippen LogP contribution < -0.4 is 4.90 Å². The Labute approximate surface area is 119 Å². The third-order valence-corrected chi connectivity index (χ3v) is 4.91. The van der Waals surface area contributed by atoms with Crippen molar-refractivity contribution in [2.75, 3.05) is 11.4 Å². The van der Waals surface area contributed by atoms with Crippen LogP contribution in [0.2, 0.25) is 5.02 Å². The number of halogens is 1. The maximum atomic E-state index is 11.3. The predicted molar refractivity (Wildman–Crippen MR) is 79.2 cm³/mol. The Hall–Kier alpha value is -1.02. The molecule has 0 spiro atoms. The van der Waals surface area contributed by atoms with E-state index in [0.717, 1.165) is 35.0 Å². The number of hydrogen-bond acceptors (Lipinski definition) is 2. The maximum Gasteiger partial charge on any atom is 0.152 e. The molecule has 0 amide bonds. The van der Waals surface area contributed by atoms with E-state index in [1.54, 1.807) is 6.07 Å². The van der Waals surface area contributed by atoms with Gasteiger partial charge in [-0.3, -0.25) is 4.79 Å². The number of rotatable bonds is 3. The smallest absolute Gasteiger partial charge is 0.152 e. The third kappa shape index (κ3) is 2.51. The predicted octanol–water partition coefficient (Wildman–Crippen LogP) is 4.31. The summed E-state index contributed by atoms with van der Waals surface area (Å²) >= 11 is 6.12. The SMILES string of the molecule is O=Cc1ccc(Cl)cc1N1CCCC1C1CCCC1. The van der Waals surface area contributed by atoms with Gasteiger partial charge in [0.25, 0.3) is 0 Å². The van der Waals surface area contributed by atoms with Crippen LogP contribution in [0.3, 0.4) is 0 Å². The number of carbonyl (C=O) groups excluding carboxylic acids is 1. The van der Waals surface area contributed by atoms with Gasteiger partial charge in [0.05, 0.1) is 0 Å². The standard InChI is InChI=1S/C16H20ClNO/c17-14-8-7-13(11-19)16(10-14)18-9-3-6-15(18)12-4-1-2-5-12/h7-8,10-12,15H,1-6,9H2. The molecule has 2 aliphatic rings. The van der Waals surface area contributed by atoms with Crippen LogP contribution in [0.5, 0.6) is 0 Å². The van der Waals surface area contributed by atoms with Crippen LogP contribution in [0.25, 0.3) is 0 Å². The van der Waals surface area contributed by atoms with Crippen LogP contribution in [-0.2, 0) is 0 Å². The van der Waals surface area contributed by atoms with Crippen LogP contribution in [-0.4, -0.2) is 18.9 Å². The summed E-state index contributed by atoms with van der Waals surface area (Å²) in [5.74, 6) is 0.806. The lowest BCUT2D eigenvalue weighted by atomic mass is 9.95. The van der Waals surface area contributed by atoms with Gasteiger partial charge in [-0.2, -0.15) is 0 Å². The van der Waals surface area contributed by atoms with E-state index in [-0.39, 0.29) is 0 Å². The van der Waals surface area contributed by atoms with E-state index in [2.05, 4.69) is 4.90 Å². The van der Waals surface area contributed by atoms with E-state index in [1.165, 1.54) is 38.5 Å². The summed E-state index contributed by atoms with van der Waals surface area (Å²) in [6, 6.07) is 6.21. The van der Waals surface area contributed by atoms with E-state index < -0.39 is 0 Å². The Morgan fingerprint density at radius 2 is 1.95 bits per heavy atom. The van der Waals surface area contributed by atoms with Gasteiger partial charge in [0.1, 0.15) is 0 Å². The highest BCUT2D eigenvalue weighted by Gasteiger charge is 2.34. The van der Waals surface area contributed by atoms with Crippen molar-refractivity contribution in [3.8, 4) is 0 Å². The number of aldehydes is 1. The molecule has 0 radical (unpaired) electrons. The number of hydrogen-bond donors (Lipinski definition) is 0. The molecule has 2 fully saturated rings. The molecule has 102 valence electrons. The van der Waals surface area contributed by atoms with Gasteiger partial charge in [-0.25, -0.2) is 0 Å². The van der Waals surface area contributed by atoms with E-state index in [9.17, 15) is 4.79 Å². The Morgan fingerprint density at radius 3 is 2.68 bits per heavy atom. The molecule has 1 atom stereocenters. The van der Waals surface area contributed by atoms with Crippen molar-refractivity contribution in [1.29, 1.82) is 0 Å². The van der Waals surface area contributed by atoms with Crippen LogP contribution in [0.4, 0.5) is 5.69 Å². The zero-order valence-electron chi connectivity index (χ0n) is 11.1. The molecule has 1 aromatic rings. The van der Waals surface area contributed by atoms with Crippen molar-refractivity contribution in [2.24, 2.45) is 5.92 Å². The van der Waals surface area contributed by atoms with Crippen LogP contribution in [0.1, 0.15) is 48.9 Å². The molecular weight excluding hydrogens is 258 g/mol. The minimum atomic E-state index is 0.611. The topological polar surface area (TPSA) is 20.3 Å². The molecule has 2 nitrogen and oxygen atoms in total. The van der Waals surface area contributed by atoms with E-state index >= 15 is 0 Å². The molecular formula is C16H20ClNO. The fraction of sp³-hybridized carbons (Fsp3) is 0.562. The molecule has 1 saturated carbocycles. The average Bonchev–Trinajstić information content (AvgIpc) is 3.09. The first kappa shape index (κ1) is 13.0. The first-order chi connectivity index (χ1) is 9.29. The van der Waals surface area contributed by atoms with Gasteiger partial charge in [-0.15, -0.1) is 0 Å². The van der Waals surface area contributed by atoms with E-state index in [1.807, 2.05) is 12.1 Å². The minimum absolute atomic E-state index is 0.611. The van der Waals surface area contributed by atoms with Gasteiger partial charge in [0.2, 0.25) is 0 Å². The highest BCUT2D eigenvalue weighted by atomic mass is 35.5. The molecule has 1 unspecified atom stereocenters. The lowest BCUT2D eigenvalue weighted by molar-refractivity contribution is 0.112. The Kier molecular flexibility index (Phi) is 3.79. The quantitative estimate of drug-likeness (QED) is 0.767. The zero-order chi connectivity index (χ0) is 13.2. The molecule has 1 aliphatic carbocycles. The monoisotopic (exact) mass is 277 g/mol. The van der Waals surface area contributed by atoms with Gasteiger partial charge in [-0.05, 0) is 49.8 Å². The van der Waals surface area contributed by atoms with Crippen molar-refractivity contribution in [3.63, 3.8) is 0 Å². The highest BCUT2D eigenvalue weighted by molar-refractivity contribution is 6.31. The second-order valence-corrected chi connectivity index (χ2v) is 6.20. The van der Waals surface area contributed by atoms with Crippen LogP contribution in [0.15, 0.2) is 18.2 Å². The molecule has 0 N–H and O–H groups in total. The summed E-state index contributed by atoms with van der Waals surface area (Å²) in [6.45, 7) is 1.06. The normalized spacial score (nSPS) is 24.1. The Bertz CT molecular complexity index is 468. The molecule has 0 bridgehead atoms. The first-order valence-electron chi connectivity index (χ1n) is 7.31. The summed E-state index contributed by atoms with van der Waals surface area (Å²) < 4.78 is 0. The fourth-order valence-electron chi connectivity index (χ4n) is 3.79. The molecule has 1 aromatic carbocycles. The number of nitrogens with zero attached hydrogens (tertiary/aromatic N) is 1. The second kappa shape index (κ2) is 5.54. The van der Waals surface area contributed by atoms with Gasteiger partial charge >= 0.3 is 0 Å². The fourth-order valence-corrected chi connectivity index (χ4v) is 3.96. The number of carbonyl (C=O) groups is 1. The Morgan fingerprint density at radius 1 is 1.16 bits per heavy atom. The Balaban J connectivity index is 1.91. The van der Waals surface area contributed by atoms with Crippen molar-refractivity contribution in [2.45, 2.75) is 44.6 Å². The van der Waals surface area contributed by atoms with Crippen LogP contribution in [0, 0.1) is 5.92 Å². The van der Waals surface area contributed by atoms with Gasteiger partial charge in [-0.1, -0.05) is 24.4 Å². The second-order valence-electron chi connectivity index (χ2n) is 5.77. The summed E-state index contributed by atoms with van der Waals surface area (Å²) in [5.41, 5.74) is 1.81. The summed E-state index contributed by atoms with van der Waals surface area (Å²) in [4.78, 5) is 13.7. The van der Waals surface area contributed by atoms with E-state index in [4.69, 9.17) is 11.6 Å². The number of anilines is 1. The van der Waals surface area contributed by atoms with Crippen molar-refractivity contribution < 1.29 is 4.79 Å². The minimum Gasteiger partial charge on any atom is -0.368 e. The molecule has 3 heteroatoms. The molecule has 19 heavy (non-hydrogen) atoms. The average molecular weight is 278 g/mol.